The monoisotopic (exact) mass is 794 g/mol. The summed E-state index contributed by atoms with van der Waals surface area (Å²) in [6.45, 7) is 16.4. The van der Waals surface area contributed by atoms with Crippen molar-refractivity contribution in [2.24, 2.45) is 0 Å². The van der Waals surface area contributed by atoms with Gasteiger partial charge in [-0.25, -0.2) is 14.6 Å². The molecule has 1 N–H and O–H groups in total. The molecule has 0 spiro atoms. The number of amides is 2. The van der Waals surface area contributed by atoms with Gasteiger partial charge in [0.05, 0.1) is 6.04 Å². The van der Waals surface area contributed by atoms with Gasteiger partial charge in [0.25, 0.3) is 0 Å². The number of carbonyl (C=O) groups excluding carboxylic acids is 3. The quantitative estimate of drug-likeness (QED) is 0.155. The molecule has 2 fully saturated rings. The number of nitrogens with zero attached hydrogens (tertiary/aromatic N) is 4. The Hall–Kier alpha value is -5.49. The molecule has 2 saturated heterocycles. The van der Waals surface area contributed by atoms with Crippen LogP contribution in [0.1, 0.15) is 112 Å². The first-order valence-corrected chi connectivity index (χ1v) is 20.0. The summed E-state index contributed by atoms with van der Waals surface area (Å²) in [6, 6.07) is 25.9. The van der Waals surface area contributed by atoms with Gasteiger partial charge < -0.3 is 29.0 Å². The molecule has 2 aromatic carbocycles. The first-order valence-electron chi connectivity index (χ1n) is 20.0. The molecule has 2 aliphatic heterocycles. The largest absolute Gasteiger partial charge is 0.487 e. The molecule has 3 atom stereocenters. The Balaban J connectivity index is 0.000000221. The maximum Gasteiger partial charge on any atom is 0.410 e. The molecule has 0 aliphatic carbocycles. The van der Waals surface area contributed by atoms with E-state index in [2.05, 4.69) is 9.97 Å². The van der Waals surface area contributed by atoms with E-state index in [0.717, 1.165) is 35.4 Å². The van der Waals surface area contributed by atoms with Crippen LogP contribution < -0.4 is 9.47 Å². The minimum atomic E-state index is -0.948. The fraction of sp³-hybridized carbons (Fsp3) is 0.457. The van der Waals surface area contributed by atoms with Crippen LogP contribution in [0.3, 0.4) is 0 Å². The lowest BCUT2D eigenvalue weighted by molar-refractivity contribution is 0.00364. The Morgan fingerprint density at radius 2 is 1.16 bits per heavy atom. The Morgan fingerprint density at radius 1 is 0.672 bits per heavy atom. The highest BCUT2D eigenvalue weighted by molar-refractivity contribution is 6.02. The molecule has 2 aromatic heterocycles. The number of rotatable bonds is 10. The molecule has 2 aliphatic rings. The summed E-state index contributed by atoms with van der Waals surface area (Å²) < 4.78 is 22.9. The average Bonchev–Trinajstić information content (AvgIpc) is 3.88. The number of likely N-dealkylation sites (tertiary alicyclic amines) is 2. The van der Waals surface area contributed by atoms with E-state index >= 15 is 0 Å². The molecule has 310 valence electrons. The van der Waals surface area contributed by atoms with Crippen LogP contribution in [0.25, 0.3) is 0 Å². The van der Waals surface area contributed by atoms with Crippen LogP contribution in [-0.2, 0) is 22.7 Å². The molecule has 6 rings (SSSR count). The van der Waals surface area contributed by atoms with Crippen molar-refractivity contribution in [1.82, 2.24) is 19.8 Å². The summed E-state index contributed by atoms with van der Waals surface area (Å²) in [5, 5.41) is 11.1. The number of Topliss-reactive ketones (excluding diaryl/α,β-unsaturated/α-hetero) is 1. The van der Waals surface area contributed by atoms with E-state index in [0.29, 0.717) is 56.3 Å². The number of pyridine rings is 2. The molecule has 2 amide bonds. The first-order chi connectivity index (χ1) is 27.5. The lowest BCUT2D eigenvalue weighted by Crippen LogP contribution is -2.43. The number of ether oxygens (including phenoxy) is 4. The van der Waals surface area contributed by atoms with Crippen LogP contribution in [0.5, 0.6) is 11.5 Å². The second kappa shape index (κ2) is 19.3. The van der Waals surface area contributed by atoms with Gasteiger partial charge in [0, 0.05) is 24.5 Å². The fourth-order valence-electron chi connectivity index (χ4n) is 6.79. The van der Waals surface area contributed by atoms with Crippen LogP contribution in [-0.4, -0.2) is 79.2 Å². The van der Waals surface area contributed by atoms with Crippen molar-refractivity contribution >= 4 is 18.0 Å². The number of hydrogen-bond acceptors (Lipinski definition) is 10. The van der Waals surface area contributed by atoms with E-state index in [1.165, 1.54) is 4.90 Å². The van der Waals surface area contributed by atoms with Gasteiger partial charge in [0.15, 0.2) is 5.69 Å². The summed E-state index contributed by atoms with van der Waals surface area (Å²) in [5.41, 5.74) is 3.07. The zero-order valence-corrected chi connectivity index (χ0v) is 35.1. The van der Waals surface area contributed by atoms with E-state index in [1.807, 2.05) is 134 Å². The molecule has 4 heterocycles. The van der Waals surface area contributed by atoms with Gasteiger partial charge in [-0.3, -0.25) is 14.7 Å². The minimum absolute atomic E-state index is 0.208. The molecule has 3 unspecified atom stereocenters. The van der Waals surface area contributed by atoms with Crippen molar-refractivity contribution in [2.75, 3.05) is 13.1 Å². The van der Waals surface area contributed by atoms with Crippen LogP contribution in [0.2, 0.25) is 0 Å². The van der Waals surface area contributed by atoms with Gasteiger partial charge in [-0.1, -0.05) is 60.7 Å². The van der Waals surface area contributed by atoms with E-state index in [1.54, 1.807) is 11.0 Å². The SMILES string of the molecule is Cc1ccc(OCc2ccccc2)c(C(=O)C2CCCN2C(=O)OC(C)(C)C)n1.Cc1ccc(OCc2ccccc2)c(C(O)C2CCCN2C(=O)OC(C)(C)C)n1. The number of ketones is 1. The average molecular weight is 795 g/mol. The highest BCUT2D eigenvalue weighted by Crippen LogP contribution is 2.35. The Kier molecular flexibility index (Phi) is 14.5. The van der Waals surface area contributed by atoms with E-state index in [9.17, 15) is 19.5 Å². The molecule has 0 radical (unpaired) electrons. The number of aromatic nitrogens is 2. The van der Waals surface area contributed by atoms with Gasteiger partial charge >= 0.3 is 12.2 Å². The van der Waals surface area contributed by atoms with E-state index < -0.39 is 41.6 Å². The van der Waals surface area contributed by atoms with Crippen LogP contribution >= 0.6 is 0 Å². The van der Waals surface area contributed by atoms with Crippen molar-refractivity contribution < 1.29 is 38.4 Å². The van der Waals surface area contributed by atoms with Gasteiger partial charge in [-0.2, -0.15) is 0 Å². The van der Waals surface area contributed by atoms with Crippen molar-refractivity contribution in [1.29, 1.82) is 0 Å². The van der Waals surface area contributed by atoms with Gasteiger partial charge in [-0.05, 0) is 116 Å². The smallest absolute Gasteiger partial charge is 0.410 e. The predicted octanol–water partition coefficient (Wildman–Crippen LogP) is 8.95. The lowest BCUT2D eigenvalue weighted by atomic mass is 10.0. The van der Waals surface area contributed by atoms with Crippen molar-refractivity contribution in [3.05, 3.63) is 119 Å². The van der Waals surface area contributed by atoms with Crippen LogP contribution in [0.4, 0.5) is 9.59 Å². The van der Waals surface area contributed by atoms with Crippen molar-refractivity contribution in [3.63, 3.8) is 0 Å². The number of benzene rings is 2. The summed E-state index contributed by atoms with van der Waals surface area (Å²) in [4.78, 5) is 50.6. The summed E-state index contributed by atoms with van der Waals surface area (Å²) in [7, 11) is 0. The molecule has 58 heavy (non-hydrogen) atoms. The number of aryl methyl sites for hydroxylation is 2. The van der Waals surface area contributed by atoms with Crippen molar-refractivity contribution in [2.45, 2.75) is 124 Å². The third-order valence-electron chi connectivity index (χ3n) is 9.49. The van der Waals surface area contributed by atoms with Gasteiger partial charge in [0.1, 0.15) is 53.8 Å². The summed E-state index contributed by atoms with van der Waals surface area (Å²) >= 11 is 0. The Labute approximate surface area is 342 Å². The van der Waals surface area contributed by atoms with Crippen molar-refractivity contribution in [3.8, 4) is 11.5 Å². The molecule has 12 heteroatoms. The highest BCUT2D eigenvalue weighted by Gasteiger charge is 2.40. The van der Waals surface area contributed by atoms with Crippen LogP contribution in [0.15, 0.2) is 84.9 Å². The maximum absolute atomic E-state index is 13.3. The maximum atomic E-state index is 13.3. The zero-order chi connectivity index (χ0) is 42.0. The van der Waals surface area contributed by atoms with Gasteiger partial charge in [-0.15, -0.1) is 0 Å². The number of hydrogen-bond donors (Lipinski definition) is 1. The number of aliphatic hydroxyl groups is 1. The second-order valence-corrected chi connectivity index (χ2v) is 16.7. The Bertz CT molecular complexity index is 1990. The summed E-state index contributed by atoms with van der Waals surface area (Å²) in [5.74, 6) is 0.753. The zero-order valence-electron chi connectivity index (χ0n) is 35.1. The normalized spacial score (nSPS) is 17.2. The number of aliphatic hydroxyl groups excluding tert-OH is 1. The molecule has 0 bridgehead atoms. The Morgan fingerprint density at radius 3 is 1.72 bits per heavy atom. The highest BCUT2D eigenvalue weighted by atomic mass is 16.6. The lowest BCUT2D eigenvalue weighted by Gasteiger charge is -2.31. The molecule has 12 nitrogen and oxygen atoms in total. The standard InChI is InChI=1S/C23H30N2O4.C23H28N2O4/c2*1-16-12-13-19(28-15-17-9-6-5-7-10-17)20(24-16)21(26)18-11-8-14-25(18)22(27)29-23(2,3)4/h5-7,9-10,12-13,18,21,26H,8,11,14-15H2,1-4H3;5-7,9-10,12-13,18H,8,11,14-15H2,1-4H3. The third kappa shape index (κ3) is 12.3. The molecule has 0 saturated carbocycles. The molecular weight excluding hydrogens is 737 g/mol. The fourth-order valence-corrected chi connectivity index (χ4v) is 6.79. The minimum Gasteiger partial charge on any atom is -0.487 e. The van der Waals surface area contributed by atoms with E-state index in [-0.39, 0.29) is 11.5 Å². The third-order valence-corrected chi connectivity index (χ3v) is 9.49. The predicted molar refractivity (Wildman–Crippen MR) is 221 cm³/mol. The van der Waals surface area contributed by atoms with Gasteiger partial charge in [0.2, 0.25) is 5.78 Å². The molecule has 4 aromatic rings. The second-order valence-electron chi connectivity index (χ2n) is 16.7. The topological polar surface area (TPSA) is 141 Å². The van der Waals surface area contributed by atoms with Crippen LogP contribution in [0, 0.1) is 13.8 Å². The number of carbonyl (C=O) groups is 3. The molecular formula is C46H58N4O8. The first kappa shape index (κ1) is 43.6. The van der Waals surface area contributed by atoms with E-state index in [4.69, 9.17) is 18.9 Å². The summed E-state index contributed by atoms with van der Waals surface area (Å²) in [6.07, 6.45) is 1.02.